The number of carboxylic acid groups (broad SMARTS) is 1. The Morgan fingerprint density at radius 1 is 0.628 bits per heavy atom. The summed E-state index contributed by atoms with van der Waals surface area (Å²) in [6.07, 6.45) is 0.492. The summed E-state index contributed by atoms with van der Waals surface area (Å²) in [5.41, 5.74) is 5.39. The number of aliphatic hydroxyl groups is 1. The van der Waals surface area contributed by atoms with Crippen LogP contribution in [-0.4, -0.2) is 101 Å². The van der Waals surface area contributed by atoms with Crippen molar-refractivity contribution in [2.24, 2.45) is 23.5 Å². The molecule has 246 valence electrons. The molecule has 0 aliphatic rings. The Kier molecular flexibility index (Phi) is 17.0. The highest BCUT2D eigenvalue weighted by molar-refractivity contribution is 5.96. The van der Waals surface area contributed by atoms with E-state index >= 15 is 0 Å². The predicted octanol–water partition coefficient (Wildman–Crippen LogP) is -2.67. The molecule has 0 aromatic heterocycles. The van der Waals surface area contributed by atoms with Gasteiger partial charge in [0.25, 0.3) is 0 Å². The van der Waals surface area contributed by atoms with Crippen molar-refractivity contribution in [1.29, 1.82) is 0 Å². The lowest BCUT2D eigenvalue weighted by molar-refractivity contribution is -0.143. The van der Waals surface area contributed by atoms with Gasteiger partial charge >= 0.3 is 5.97 Å². The van der Waals surface area contributed by atoms with Gasteiger partial charge in [0.2, 0.25) is 35.4 Å². The van der Waals surface area contributed by atoms with Crippen molar-refractivity contribution in [2.45, 2.75) is 98.1 Å². The van der Waals surface area contributed by atoms with Crippen LogP contribution in [0.15, 0.2) is 0 Å². The van der Waals surface area contributed by atoms with Gasteiger partial charge in [0.05, 0.1) is 13.2 Å². The maximum absolute atomic E-state index is 13.0. The van der Waals surface area contributed by atoms with E-state index in [1.54, 1.807) is 41.5 Å². The van der Waals surface area contributed by atoms with Gasteiger partial charge in [-0.05, 0) is 31.6 Å². The molecule has 0 fully saturated rings. The van der Waals surface area contributed by atoms with Crippen LogP contribution in [-0.2, 0) is 33.6 Å². The second kappa shape index (κ2) is 18.7. The molecule has 0 saturated heterocycles. The van der Waals surface area contributed by atoms with Gasteiger partial charge in [0.1, 0.15) is 36.3 Å². The molecule has 16 heteroatoms. The van der Waals surface area contributed by atoms with Crippen molar-refractivity contribution in [3.63, 3.8) is 0 Å². The number of aliphatic carboxylic acids is 1. The number of rotatable bonds is 18. The topological polar surface area (TPSA) is 258 Å². The van der Waals surface area contributed by atoms with Crippen molar-refractivity contribution in [3.05, 3.63) is 0 Å². The number of nitrogens with two attached hydrogens (primary N) is 1. The molecule has 0 rings (SSSR count). The van der Waals surface area contributed by atoms with E-state index in [1.807, 2.05) is 0 Å². The number of hydrogen-bond donors (Lipinski definition) is 9. The van der Waals surface area contributed by atoms with E-state index in [0.29, 0.717) is 6.42 Å². The quantitative estimate of drug-likeness (QED) is 0.0772. The molecule has 0 aliphatic heterocycles. The van der Waals surface area contributed by atoms with E-state index in [0.717, 1.165) is 0 Å². The normalized spacial score (nSPS) is 16.0. The Labute approximate surface area is 252 Å². The predicted molar refractivity (Wildman–Crippen MR) is 156 cm³/mol. The molecular formula is C27H49N7O9. The van der Waals surface area contributed by atoms with Crippen LogP contribution in [0.2, 0.25) is 0 Å². The fraction of sp³-hybridized carbons (Fsp3) is 0.741. The maximum atomic E-state index is 13.0. The van der Waals surface area contributed by atoms with Crippen LogP contribution in [0.5, 0.6) is 0 Å². The summed E-state index contributed by atoms with van der Waals surface area (Å²) in [5.74, 6) is -6.59. The molecule has 0 radical (unpaired) electrons. The fourth-order valence-corrected chi connectivity index (χ4v) is 3.65. The largest absolute Gasteiger partial charge is 0.480 e. The molecule has 0 bridgehead atoms. The SMILES string of the molecule is CC[C@H](C)[C@H](NC(=O)CNC(=O)[C@@H](N)CO)C(=O)N[C@@H](C)C(=O)N[C@H](C(=O)N[C@@H](C)C(=O)N[C@H](C(=O)O)C(C)C)C(C)C. The molecule has 0 aliphatic carbocycles. The average Bonchev–Trinajstić information content (AvgIpc) is 2.93. The zero-order valence-corrected chi connectivity index (χ0v) is 26.1. The van der Waals surface area contributed by atoms with Crippen LogP contribution in [0.4, 0.5) is 0 Å². The number of aliphatic hydroxyl groups excluding tert-OH is 1. The summed E-state index contributed by atoms with van der Waals surface area (Å²) in [7, 11) is 0. The number of amides is 6. The van der Waals surface area contributed by atoms with E-state index in [1.165, 1.54) is 13.8 Å². The molecule has 0 unspecified atom stereocenters. The minimum Gasteiger partial charge on any atom is -0.480 e. The van der Waals surface area contributed by atoms with Crippen LogP contribution in [0, 0.1) is 17.8 Å². The monoisotopic (exact) mass is 615 g/mol. The number of nitrogens with one attached hydrogen (secondary N) is 6. The zero-order chi connectivity index (χ0) is 33.6. The zero-order valence-electron chi connectivity index (χ0n) is 26.1. The third kappa shape index (κ3) is 13.4. The Balaban J connectivity index is 5.33. The lowest BCUT2D eigenvalue weighted by Gasteiger charge is -2.28. The lowest BCUT2D eigenvalue weighted by atomic mass is 9.97. The highest BCUT2D eigenvalue weighted by Gasteiger charge is 2.32. The van der Waals surface area contributed by atoms with Crippen LogP contribution >= 0.6 is 0 Å². The highest BCUT2D eigenvalue weighted by Crippen LogP contribution is 2.09. The summed E-state index contributed by atoms with van der Waals surface area (Å²) in [4.78, 5) is 86.9. The summed E-state index contributed by atoms with van der Waals surface area (Å²) in [6.45, 7) is 11.8. The van der Waals surface area contributed by atoms with Crippen molar-refractivity contribution < 1.29 is 43.8 Å². The molecule has 43 heavy (non-hydrogen) atoms. The lowest BCUT2D eigenvalue weighted by Crippen LogP contribution is -2.60. The van der Waals surface area contributed by atoms with E-state index in [4.69, 9.17) is 10.8 Å². The van der Waals surface area contributed by atoms with Gasteiger partial charge in [-0.1, -0.05) is 48.0 Å². The fourth-order valence-electron chi connectivity index (χ4n) is 3.65. The number of hydrogen-bond acceptors (Lipinski definition) is 9. The molecule has 10 N–H and O–H groups in total. The first-order chi connectivity index (χ1) is 19.9. The Bertz CT molecular complexity index is 1010. The first kappa shape index (κ1) is 39.2. The molecule has 6 amide bonds. The molecule has 0 heterocycles. The van der Waals surface area contributed by atoms with Crippen LogP contribution in [0.3, 0.4) is 0 Å². The van der Waals surface area contributed by atoms with Crippen LogP contribution in [0.25, 0.3) is 0 Å². The summed E-state index contributed by atoms with van der Waals surface area (Å²) < 4.78 is 0. The van der Waals surface area contributed by atoms with Gasteiger partial charge in [-0.15, -0.1) is 0 Å². The molecule has 16 nitrogen and oxygen atoms in total. The minimum absolute atomic E-state index is 0.354. The Morgan fingerprint density at radius 2 is 1.07 bits per heavy atom. The molecule has 0 spiro atoms. The summed E-state index contributed by atoms with van der Waals surface area (Å²) in [6, 6.07) is -6.74. The molecule has 0 aromatic rings. The van der Waals surface area contributed by atoms with E-state index < -0.39 is 103 Å². The Hall–Kier alpha value is -3.79. The standard InChI is InChI=1S/C27H49N7O9/c1-9-14(6)21(32-18(36)10-29-24(39)17(28)11-35)26(41)31-15(7)22(37)33-19(12(2)3)25(40)30-16(8)23(38)34-20(13(4)5)27(42)43/h12-17,19-21,35H,9-11,28H2,1-8H3,(H,29,39)(H,30,40)(H,31,41)(H,32,36)(H,33,37)(H,34,38)(H,42,43)/t14-,15-,16-,17-,19-,20-,21-/m0/s1. The Morgan fingerprint density at radius 3 is 1.47 bits per heavy atom. The first-order valence-electron chi connectivity index (χ1n) is 14.2. The molecule has 0 saturated carbocycles. The van der Waals surface area contributed by atoms with E-state index in [9.17, 15) is 38.7 Å². The summed E-state index contributed by atoms with van der Waals surface area (Å²) >= 11 is 0. The number of carbonyl (C=O) groups is 7. The third-order valence-corrected chi connectivity index (χ3v) is 6.75. The second-order valence-corrected chi connectivity index (χ2v) is 11.2. The molecular weight excluding hydrogens is 566 g/mol. The smallest absolute Gasteiger partial charge is 0.326 e. The van der Waals surface area contributed by atoms with Gasteiger partial charge in [0, 0.05) is 0 Å². The van der Waals surface area contributed by atoms with E-state index in [-0.39, 0.29) is 5.92 Å². The summed E-state index contributed by atoms with van der Waals surface area (Å²) in [5, 5.41) is 32.9. The van der Waals surface area contributed by atoms with Crippen molar-refractivity contribution in [2.75, 3.05) is 13.2 Å². The highest BCUT2D eigenvalue weighted by atomic mass is 16.4. The number of carboxylic acids is 1. The van der Waals surface area contributed by atoms with Crippen LogP contribution in [0.1, 0.15) is 61.8 Å². The second-order valence-electron chi connectivity index (χ2n) is 11.2. The van der Waals surface area contributed by atoms with Crippen molar-refractivity contribution in [1.82, 2.24) is 31.9 Å². The van der Waals surface area contributed by atoms with E-state index in [2.05, 4.69) is 31.9 Å². The average molecular weight is 616 g/mol. The van der Waals surface area contributed by atoms with Gasteiger partial charge in [-0.2, -0.15) is 0 Å². The van der Waals surface area contributed by atoms with Crippen molar-refractivity contribution >= 4 is 41.4 Å². The molecule has 7 atom stereocenters. The molecule has 0 aromatic carbocycles. The number of carbonyl (C=O) groups excluding carboxylic acids is 6. The van der Waals surface area contributed by atoms with Crippen LogP contribution < -0.4 is 37.6 Å². The van der Waals surface area contributed by atoms with Gasteiger partial charge in [-0.25, -0.2) is 4.79 Å². The van der Waals surface area contributed by atoms with Gasteiger partial charge < -0.3 is 47.8 Å². The third-order valence-electron chi connectivity index (χ3n) is 6.75. The van der Waals surface area contributed by atoms with Crippen molar-refractivity contribution in [3.8, 4) is 0 Å². The maximum Gasteiger partial charge on any atom is 0.326 e. The minimum atomic E-state index is -1.21. The first-order valence-corrected chi connectivity index (χ1v) is 14.2. The van der Waals surface area contributed by atoms with Gasteiger partial charge in [-0.3, -0.25) is 28.8 Å². The van der Waals surface area contributed by atoms with Gasteiger partial charge in [0.15, 0.2) is 0 Å².